The number of carbonyl (C=O) groups excluding carboxylic acids is 1. The van der Waals surface area contributed by atoms with Crippen LogP contribution < -0.4 is 5.32 Å². The molecule has 2 rings (SSSR count). The second-order valence-corrected chi connectivity index (χ2v) is 6.45. The number of nitrogens with one attached hydrogen (secondary N) is 1. The van der Waals surface area contributed by atoms with Crippen LogP contribution >= 0.6 is 23.8 Å². The number of nitriles is 1. The maximum atomic E-state index is 12.3. The van der Waals surface area contributed by atoms with Gasteiger partial charge in [-0.1, -0.05) is 42.0 Å². The summed E-state index contributed by atoms with van der Waals surface area (Å²) in [6.07, 6.45) is 2.02. The SMILES string of the molecule is C=CC[C@]1(C#N)C(=S)NC(C)=C(C(C)=O)[C@H]1c1ccc(Cl)cc1. The van der Waals surface area contributed by atoms with E-state index in [0.717, 1.165) is 5.56 Å². The molecule has 23 heavy (non-hydrogen) atoms. The highest BCUT2D eigenvalue weighted by Crippen LogP contribution is 2.48. The Balaban J connectivity index is 2.77. The number of thiocarbonyl (C=S) groups is 1. The van der Waals surface area contributed by atoms with E-state index in [2.05, 4.69) is 18.0 Å². The first-order valence-electron chi connectivity index (χ1n) is 7.18. The van der Waals surface area contributed by atoms with Crippen LogP contribution in [-0.2, 0) is 4.79 Å². The van der Waals surface area contributed by atoms with Gasteiger partial charge in [-0.2, -0.15) is 5.26 Å². The van der Waals surface area contributed by atoms with Crippen LogP contribution in [0, 0.1) is 16.7 Å². The maximum Gasteiger partial charge on any atom is 0.158 e. The predicted octanol–water partition coefficient (Wildman–Crippen LogP) is 4.30. The third-order valence-electron chi connectivity index (χ3n) is 4.14. The van der Waals surface area contributed by atoms with E-state index in [4.69, 9.17) is 23.8 Å². The van der Waals surface area contributed by atoms with Crippen LogP contribution in [0.5, 0.6) is 0 Å². The fourth-order valence-electron chi connectivity index (χ4n) is 3.12. The molecule has 0 spiro atoms. The van der Waals surface area contributed by atoms with Crippen LogP contribution in [0.2, 0.25) is 5.02 Å². The first-order valence-corrected chi connectivity index (χ1v) is 7.96. The lowest BCUT2D eigenvalue weighted by Gasteiger charge is -2.41. The highest BCUT2D eigenvalue weighted by Gasteiger charge is 2.49. The lowest BCUT2D eigenvalue weighted by molar-refractivity contribution is -0.114. The molecule has 1 heterocycles. The van der Waals surface area contributed by atoms with E-state index >= 15 is 0 Å². The zero-order valence-electron chi connectivity index (χ0n) is 13.0. The average molecular weight is 345 g/mol. The van der Waals surface area contributed by atoms with E-state index in [0.29, 0.717) is 27.7 Å². The fraction of sp³-hybridized carbons (Fsp3) is 0.278. The molecule has 1 N–H and O–H groups in total. The smallest absolute Gasteiger partial charge is 0.158 e. The topological polar surface area (TPSA) is 52.9 Å². The van der Waals surface area contributed by atoms with Gasteiger partial charge in [0.2, 0.25) is 0 Å². The van der Waals surface area contributed by atoms with Crippen molar-refractivity contribution in [3.05, 3.63) is 58.8 Å². The van der Waals surface area contributed by atoms with Crippen LogP contribution in [0.4, 0.5) is 0 Å². The summed E-state index contributed by atoms with van der Waals surface area (Å²) in [5.41, 5.74) is 1.07. The van der Waals surface area contributed by atoms with Crippen molar-refractivity contribution in [3.8, 4) is 6.07 Å². The average Bonchev–Trinajstić information content (AvgIpc) is 2.50. The van der Waals surface area contributed by atoms with Gasteiger partial charge in [0.15, 0.2) is 5.78 Å². The molecule has 1 aromatic rings. The van der Waals surface area contributed by atoms with Gasteiger partial charge in [-0.05, 0) is 38.0 Å². The summed E-state index contributed by atoms with van der Waals surface area (Å²) in [6.45, 7) is 7.07. The van der Waals surface area contributed by atoms with Crippen LogP contribution in [0.25, 0.3) is 0 Å². The third-order valence-corrected chi connectivity index (χ3v) is 4.86. The second kappa shape index (κ2) is 6.66. The Morgan fingerprint density at radius 3 is 2.61 bits per heavy atom. The van der Waals surface area contributed by atoms with Crippen molar-refractivity contribution in [1.82, 2.24) is 5.32 Å². The lowest BCUT2D eigenvalue weighted by atomic mass is 9.64. The van der Waals surface area contributed by atoms with Crippen LogP contribution in [0.1, 0.15) is 31.7 Å². The fourth-order valence-corrected chi connectivity index (χ4v) is 3.64. The van der Waals surface area contributed by atoms with Gasteiger partial charge >= 0.3 is 0 Å². The summed E-state index contributed by atoms with van der Waals surface area (Å²) in [6, 6.07) is 9.53. The molecule has 1 aliphatic rings. The van der Waals surface area contributed by atoms with Crippen molar-refractivity contribution in [2.45, 2.75) is 26.2 Å². The molecule has 0 radical (unpaired) electrons. The first-order chi connectivity index (χ1) is 10.9. The molecule has 2 atom stereocenters. The number of hydrogen-bond acceptors (Lipinski definition) is 3. The second-order valence-electron chi connectivity index (χ2n) is 5.61. The van der Waals surface area contributed by atoms with Crippen LogP contribution in [0.15, 0.2) is 48.2 Å². The molecule has 0 amide bonds. The van der Waals surface area contributed by atoms with Gasteiger partial charge in [0.05, 0.1) is 6.07 Å². The Bertz CT molecular complexity index is 745. The molecule has 0 aromatic heterocycles. The summed E-state index contributed by atoms with van der Waals surface area (Å²) in [7, 11) is 0. The molecule has 0 saturated carbocycles. The highest BCUT2D eigenvalue weighted by atomic mass is 35.5. The molecule has 5 heteroatoms. The van der Waals surface area contributed by atoms with E-state index in [1.807, 2.05) is 12.1 Å². The Kier molecular flexibility index (Phi) is 5.03. The molecule has 0 fully saturated rings. The predicted molar refractivity (Wildman–Crippen MR) is 96.2 cm³/mol. The maximum absolute atomic E-state index is 12.3. The number of halogens is 1. The lowest BCUT2D eigenvalue weighted by Crippen LogP contribution is -2.48. The Labute approximate surface area is 146 Å². The first kappa shape index (κ1) is 17.4. The van der Waals surface area contributed by atoms with Crippen molar-refractivity contribution in [1.29, 1.82) is 5.26 Å². The standard InChI is InChI=1S/C18H17ClN2OS/c1-4-9-18(10-20)16(13-5-7-14(19)8-6-13)15(12(3)22)11(2)21-17(18)23/h4-8,16H,1,9H2,2-3H3,(H,21,23)/t16-,18-/m1/s1. The number of carbonyl (C=O) groups is 1. The third kappa shape index (κ3) is 2.95. The van der Waals surface area contributed by atoms with Gasteiger partial charge in [0.25, 0.3) is 0 Å². The normalized spacial score (nSPS) is 23.9. The molecule has 118 valence electrons. The molecule has 1 aliphatic heterocycles. The molecular formula is C18H17ClN2OS. The quantitative estimate of drug-likeness (QED) is 0.653. The van der Waals surface area contributed by atoms with Crippen molar-refractivity contribution in [2.24, 2.45) is 5.41 Å². The monoisotopic (exact) mass is 344 g/mol. The molecule has 0 aliphatic carbocycles. The molecule has 0 unspecified atom stereocenters. The minimum Gasteiger partial charge on any atom is -0.352 e. The van der Waals surface area contributed by atoms with Crippen LogP contribution in [-0.4, -0.2) is 10.8 Å². The van der Waals surface area contributed by atoms with Crippen molar-refractivity contribution < 1.29 is 4.79 Å². The minimum absolute atomic E-state index is 0.0823. The van der Waals surface area contributed by atoms with Gasteiger partial charge in [-0.25, -0.2) is 0 Å². The molecule has 3 nitrogen and oxygen atoms in total. The number of rotatable bonds is 4. The van der Waals surface area contributed by atoms with E-state index in [-0.39, 0.29) is 5.78 Å². The molecular weight excluding hydrogens is 328 g/mol. The Morgan fingerprint density at radius 1 is 1.52 bits per heavy atom. The van der Waals surface area contributed by atoms with E-state index < -0.39 is 11.3 Å². The summed E-state index contributed by atoms with van der Waals surface area (Å²) < 4.78 is 0. The summed E-state index contributed by atoms with van der Waals surface area (Å²) >= 11 is 11.4. The number of hydrogen-bond donors (Lipinski definition) is 1. The zero-order valence-corrected chi connectivity index (χ0v) is 14.6. The Hall–Kier alpha value is -1.96. The molecule has 0 saturated heterocycles. The van der Waals surface area contributed by atoms with Crippen molar-refractivity contribution in [2.75, 3.05) is 0 Å². The van der Waals surface area contributed by atoms with Crippen molar-refractivity contribution in [3.63, 3.8) is 0 Å². The zero-order chi connectivity index (χ0) is 17.2. The number of benzene rings is 1. The highest BCUT2D eigenvalue weighted by molar-refractivity contribution is 7.80. The van der Waals surface area contributed by atoms with Gasteiger partial charge in [-0.3, -0.25) is 4.79 Å². The Morgan fingerprint density at radius 2 is 2.13 bits per heavy atom. The number of Topliss-reactive ketones (excluding diaryl/α,β-unsaturated/α-hetero) is 1. The van der Waals surface area contributed by atoms with Gasteiger partial charge in [0, 0.05) is 22.2 Å². The number of allylic oxidation sites excluding steroid dienone is 3. The van der Waals surface area contributed by atoms with E-state index in [1.54, 1.807) is 25.1 Å². The summed E-state index contributed by atoms with van der Waals surface area (Å²) in [4.78, 5) is 12.7. The van der Waals surface area contributed by atoms with Crippen molar-refractivity contribution >= 4 is 34.6 Å². The summed E-state index contributed by atoms with van der Waals surface area (Å²) in [5, 5.41) is 13.6. The largest absolute Gasteiger partial charge is 0.352 e. The molecule has 0 bridgehead atoms. The van der Waals surface area contributed by atoms with Gasteiger partial charge in [0.1, 0.15) is 10.4 Å². The number of nitrogens with zero attached hydrogens (tertiary/aromatic N) is 1. The van der Waals surface area contributed by atoms with Crippen LogP contribution in [0.3, 0.4) is 0 Å². The van der Waals surface area contributed by atoms with E-state index in [1.165, 1.54) is 6.92 Å². The molecule has 1 aromatic carbocycles. The van der Waals surface area contributed by atoms with Gasteiger partial charge in [-0.15, -0.1) is 6.58 Å². The summed E-state index contributed by atoms with van der Waals surface area (Å²) in [5.74, 6) is -0.532. The number of ketones is 1. The minimum atomic E-state index is -1.04. The van der Waals surface area contributed by atoms with Gasteiger partial charge < -0.3 is 5.32 Å². The van der Waals surface area contributed by atoms with E-state index in [9.17, 15) is 10.1 Å².